The maximum Gasteiger partial charge on any atom is 0.325 e. The lowest BCUT2D eigenvalue weighted by Gasteiger charge is -2.31. The summed E-state index contributed by atoms with van der Waals surface area (Å²) in [5.74, 6) is -1.25. The number of phenolic OH excluding ortho intramolecular Hbond substituents is 2. The number of nitrogens with zero attached hydrogens (tertiary/aromatic N) is 2. The molecule has 156 valence electrons. The van der Waals surface area contributed by atoms with Crippen molar-refractivity contribution in [3.8, 4) is 11.5 Å². The second kappa shape index (κ2) is 10.2. The van der Waals surface area contributed by atoms with Crippen LogP contribution in [-0.4, -0.2) is 45.5 Å². The molecule has 0 aliphatic carbocycles. The quantitative estimate of drug-likeness (QED) is 0.304. The van der Waals surface area contributed by atoms with E-state index in [-0.39, 0.29) is 24.4 Å². The Bertz CT molecular complexity index is 852. The SMILES string of the molecule is Cl.O=C(CCN1CCC(Cc2ccccc2)CC1)c1ccc(O)c(O)c1[N+](=O)[O-]. The molecule has 0 atom stereocenters. The number of nitro benzene ring substituents is 1. The minimum atomic E-state index is -0.863. The fourth-order valence-corrected chi connectivity index (χ4v) is 3.73. The molecule has 7 nitrogen and oxygen atoms in total. The van der Waals surface area contributed by atoms with E-state index < -0.39 is 27.9 Å². The number of likely N-dealkylation sites (tertiary alicyclic amines) is 1. The summed E-state index contributed by atoms with van der Waals surface area (Å²) in [6.45, 7) is 2.32. The number of hydrogen-bond acceptors (Lipinski definition) is 6. The highest BCUT2D eigenvalue weighted by Gasteiger charge is 2.28. The number of hydrogen-bond donors (Lipinski definition) is 2. The predicted octanol–water partition coefficient (Wildman–Crippen LogP) is 3.96. The van der Waals surface area contributed by atoms with Crippen LogP contribution < -0.4 is 0 Å². The van der Waals surface area contributed by atoms with Crippen LogP contribution in [0.4, 0.5) is 5.69 Å². The molecule has 1 aliphatic heterocycles. The summed E-state index contributed by atoms with van der Waals surface area (Å²) >= 11 is 0. The van der Waals surface area contributed by atoms with Gasteiger partial charge in [-0.25, -0.2) is 0 Å². The van der Waals surface area contributed by atoms with Crippen LogP contribution in [0.15, 0.2) is 42.5 Å². The molecule has 2 aromatic carbocycles. The Kier molecular flexibility index (Phi) is 7.99. The lowest BCUT2D eigenvalue weighted by Crippen LogP contribution is -2.35. The van der Waals surface area contributed by atoms with E-state index in [1.807, 2.05) is 6.07 Å². The van der Waals surface area contributed by atoms with E-state index in [4.69, 9.17) is 0 Å². The molecular formula is C21H25ClN2O5. The van der Waals surface area contributed by atoms with Crippen molar-refractivity contribution in [2.45, 2.75) is 25.7 Å². The molecule has 0 unspecified atom stereocenters. The standard InChI is InChI=1S/C21H24N2O5.ClH/c24-18(17-6-7-19(25)21(26)20(17)23(27)28)10-13-22-11-8-16(9-12-22)14-15-4-2-1-3-5-15;/h1-7,16,25-26H,8-14H2;1H. The van der Waals surface area contributed by atoms with Crippen molar-refractivity contribution < 1.29 is 19.9 Å². The summed E-state index contributed by atoms with van der Waals surface area (Å²) in [4.78, 5) is 25.0. The van der Waals surface area contributed by atoms with E-state index in [1.54, 1.807) is 0 Å². The maximum atomic E-state index is 12.5. The average Bonchev–Trinajstić information content (AvgIpc) is 2.69. The summed E-state index contributed by atoms with van der Waals surface area (Å²) < 4.78 is 0. The molecule has 0 bridgehead atoms. The van der Waals surface area contributed by atoms with E-state index in [2.05, 4.69) is 29.2 Å². The van der Waals surface area contributed by atoms with Gasteiger partial charge >= 0.3 is 5.69 Å². The number of Topliss-reactive ketones (excluding diaryl/α,β-unsaturated/α-hetero) is 1. The number of halogens is 1. The van der Waals surface area contributed by atoms with Gasteiger partial charge in [-0.3, -0.25) is 14.9 Å². The van der Waals surface area contributed by atoms with Crippen LogP contribution in [-0.2, 0) is 6.42 Å². The molecule has 29 heavy (non-hydrogen) atoms. The van der Waals surface area contributed by atoms with Gasteiger partial charge in [0.1, 0.15) is 0 Å². The molecule has 0 saturated carbocycles. The van der Waals surface area contributed by atoms with Gasteiger partial charge in [-0.05, 0) is 56.0 Å². The molecule has 1 heterocycles. The topological polar surface area (TPSA) is 104 Å². The molecule has 2 aromatic rings. The van der Waals surface area contributed by atoms with Crippen molar-refractivity contribution in [3.05, 3.63) is 63.7 Å². The highest BCUT2D eigenvalue weighted by atomic mass is 35.5. The van der Waals surface area contributed by atoms with Crippen molar-refractivity contribution in [1.29, 1.82) is 0 Å². The van der Waals surface area contributed by atoms with Crippen molar-refractivity contribution in [3.63, 3.8) is 0 Å². The van der Waals surface area contributed by atoms with Crippen molar-refractivity contribution in [1.82, 2.24) is 4.90 Å². The number of benzene rings is 2. The molecule has 0 radical (unpaired) electrons. The van der Waals surface area contributed by atoms with Gasteiger partial charge in [0.25, 0.3) is 0 Å². The van der Waals surface area contributed by atoms with E-state index in [9.17, 15) is 25.1 Å². The lowest BCUT2D eigenvalue weighted by molar-refractivity contribution is -0.386. The Morgan fingerprint density at radius 1 is 1.10 bits per heavy atom. The number of nitro groups is 1. The summed E-state index contributed by atoms with van der Waals surface area (Å²) in [5.41, 5.74) is 0.446. The fourth-order valence-electron chi connectivity index (χ4n) is 3.73. The zero-order chi connectivity index (χ0) is 20.1. The summed E-state index contributed by atoms with van der Waals surface area (Å²) in [6, 6.07) is 12.7. The zero-order valence-corrected chi connectivity index (χ0v) is 16.8. The summed E-state index contributed by atoms with van der Waals surface area (Å²) in [6.07, 6.45) is 3.31. The minimum Gasteiger partial charge on any atom is -0.504 e. The third-order valence-corrected chi connectivity index (χ3v) is 5.34. The minimum absolute atomic E-state index is 0. The fraction of sp³-hybridized carbons (Fsp3) is 0.381. The van der Waals surface area contributed by atoms with Gasteiger partial charge < -0.3 is 15.1 Å². The second-order valence-corrected chi connectivity index (χ2v) is 7.23. The number of ketones is 1. The van der Waals surface area contributed by atoms with Gasteiger partial charge in [0.15, 0.2) is 11.5 Å². The predicted molar refractivity (Wildman–Crippen MR) is 112 cm³/mol. The van der Waals surface area contributed by atoms with Crippen molar-refractivity contribution >= 4 is 23.9 Å². The summed E-state index contributed by atoms with van der Waals surface area (Å²) in [5, 5.41) is 30.3. The molecule has 0 aromatic heterocycles. The van der Waals surface area contributed by atoms with Crippen LogP contribution in [0.5, 0.6) is 11.5 Å². The number of carbonyl (C=O) groups excluding carboxylic acids is 1. The van der Waals surface area contributed by atoms with Gasteiger partial charge in [0.05, 0.1) is 10.5 Å². The number of rotatable bonds is 7. The smallest absolute Gasteiger partial charge is 0.325 e. The van der Waals surface area contributed by atoms with Gasteiger partial charge in [0, 0.05) is 13.0 Å². The van der Waals surface area contributed by atoms with Crippen LogP contribution in [0, 0.1) is 16.0 Å². The highest BCUT2D eigenvalue weighted by Crippen LogP contribution is 2.38. The van der Waals surface area contributed by atoms with Crippen LogP contribution in [0.2, 0.25) is 0 Å². The molecule has 1 aliphatic rings. The maximum absolute atomic E-state index is 12.5. The molecule has 1 saturated heterocycles. The average molecular weight is 421 g/mol. The summed E-state index contributed by atoms with van der Waals surface area (Å²) in [7, 11) is 0. The largest absolute Gasteiger partial charge is 0.504 e. The Labute approximate surface area is 175 Å². The molecule has 0 spiro atoms. The number of piperidine rings is 1. The van der Waals surface area contributed by atoms with Gasteiger partial charge in [-0.2, -0.15) is 0 Å². The Balaban J connectivity index is 0.00000300. The molecule has 2 N–H and O–H groups in total. The second-order valence-electron chi connectivity index (χ2n) is 7.23. The van der Waals surface area contributed by atoms with Crippen LogP contribution >= 0.6 is 12.4 Å². The van der Waals surface area contributed by atoms with E-state index in [0.717, 1.165) is 38.4 Å². The Morgan fingerprint density at radius 3 is 2.38 bits per heavy atom. The molecule has 3 rings (SSSR count). The van der Waals surface area contributed by atoms with Crippen LogP contribution in [0.25, 0.3) is 0 Å². The first kappa shape index (κ1) is 22.6. The number of aromatic hydroxyl groups is 2. The van der Waals surface area contributed by atoms with Gasteiger partial charge in [0.2, 0.25) is 5.75 Å². The third kappa shape index (κ3) is 5.68. The van der Waals surface area contributed by atoms with Crippen LogP contribution in [0.3, 0.4) is 0 Å². The van der Waals surface area contributed by atoms with E-state index >= 15 is 0 Å². The van der Waals surface area contributed by atoms with E-state index in [1.165, 1.54) is 11.6 Å². The van der Waals surface area contributed by atoms with Crippen molar-refractivity contribution in [2.24, 2.45) is 5.92 Å². The number of phenols is 2. The highest BCUT2D eigenvalue weighted by molar-refractivity contribution is 6.01. The zero-order valence-electron chi connectivity index (χ0n) is 16.0. The van der Waals surface area contributed by atoms with Gasteiger partial charge in [-0.1, -0.05) is 30.3 Å². The first-order valence-electron chi connectivity index (χ1n) is 9.44. The van der Waals surface area contributed by atoms with Crippen LogP contribution in [0.1, 0.15) is 35.2 Å². The molecule has 0 amide bonds. The van der Waals surface area contributed by atoms with Crippen molar-refractivity contribution in [2.75, 3.05) is 19.6 Å². The normalized spacial score (nSPS) is 14.9. The molecular weight excluding hydrogens is 396 g/mol. The number of carbonyl (C=O) groups is 1. The van der Waals surface area contributed by atoms with E-state index in [0.29, 0.717) is 12.5 Å². The Morgan fingerprint density at radius 2 is 1.76 bits per heavy atom. The third-order valence-electron chi connectivity index (χ3n) is 5.34. The first-order chi connectivity index (χ1) is 13.5. The molecule has 8 heteroatoms. The van der Waals surface area contributed by atoms with Gasteiger partial charge in [-0.15, -0.1) is 12.4 Å². The monoisotopic (exact) mass is 420 g/mol. The Hall–Kier alpha value is -2.64. The lowest BCUT2D eigenvalue weighted by atomic mass is 9.90. The first-order valence-corrected chi connectivity index (χ1v) is 9.44. The molecule has 1 fully saturated rings.